The highest BCUT2D eigenvalue weighted by Gasteiger charge is 2.13. The first-order valence-electron chi connectivity index (χ1n) is 7.69. The smallest absolute Gasteiger partial charge is 0.162 e. The molecule has 0 radical (unpaired) electrons. The van der Waals surface area contributed by atoms with Gasteiger partial charge in [0.15, 0.2) is 5.82 Å². The van der Waals surface area contributed by atoms with Crippen molar-refractivity contribution in [3.63, 3.8) is 0 Å². The van der Waals surface area contributed by atoms with Crippen LogP contribution >= 0.6 is 11.3 Å². The predicted molar refractivity (Wildman–Crippen MR) is 98.2 cm³/mol. The van der Waals surface area contributed by atoms with Crippen LogP contribution in [0.2, 0.25) is 0 Å². The number of aryl methyl sites for hydroxylation is 1. The number of hydrogen-bond donors (Lipinski definition) is 0. The molecule has 5 nitrogen and oxygen atoms in total. The summed E-state index contributed by atoms with van der Waals surface area (Å²) in [5.41, 5.74) is 3.17. The van der Waals surface area contributed by atoms with Crippen molar-refractivity contribution in [1.82, 2.24) is 19.7 Å². The summed E-state index contributed by atoms with van der Waals surface area (Å²) in [4.78, 5) is 11.7. The largest absolute Gasteiger partial charge is 0.355 e. The fourth-order valence-electron chi connectivity index (χ4n) is 2.77. The molecule has 3 heterocycles. The van der Waals surface area contributed by atoms with Crippen LogP contribution in [0.3, 0.4) is 0 Å². The first-order valence-corrected chi connectivity index (χ1v) is 8.63. The average molecular weight is 335 g/mol. The van der Waals surface area contributed by atoms with Crippen LogP contribution in [0.5, 0.6) is 0 Å². The summed E-state index contributed by atoms with van der Waals surface area (Å²) in [6.45, 7) is 0.748. The van der Waals surface area contributed by atoms with E-state index in [9.17, 15) is 0 Å². The van der Waals surface area contributed by atoms with Gasteiger partial charge >= 0.3 is 0 Å². The molecule has 0 atom stereocenters. The minimum atomic E-state index is 0.748. The Morgan fingerprint density at radius 3 is 2.79 bits per heavy atom. The lowest BCUT2D eigenvalue weighted by Gasteiger charge is -2.20. The van der Waals surface area contributed by atoms with E-state index >= 15 is 0 Å². The minimum Gasteiger partial charge on any atom is -0.355 e. The van der Waals surface area contributed by atoms with Gasteiger partial charge in [0.1, 0.15) is 5.82 Å². The van der Waals surface area contributed by atoms with Gasteiger partial charge in [-0.1, -0.05) is 12.1 Å². The fraction of sp³-hybridized carbons (Fsp3) is 0.167. The Morgan fingerprint density at radius 2 is 2.04 bits per heavy atom. The summed E-state index contributed by atoms with van der Waals surface area (Å²) >= 11 is 1.65. The molecule has 120 valence electrons. The zero-order valence-corrected chi connectivity index (χ0v) is 14.4. The summed E-state index contributed by atoms with van der Waals surface area (Å²) in [6, 6.07) is 10.2. The molecule has 0 saturated heterocycles. The maximum Gasteiger partial charge on any atom is 0.162 e. The van der Waals surface area contributed by atoms with Crippen molar-refractivity contribution in [2.75, 3.05) is 11.9 Å². The van der Waals surface area contributed by atoms with Crippen molar-refractivity contribution in [2.45, 2.75) is 6.54 Å². The topological polar surface area (TPSA) is 46.8 Å². The normalized spacial score (nSPS) is 11.1. The van der Waals surface area contributed by atoms with Gasteiger partial charge in [-0.3, -0.25) is 4.68 Å². The number of thiophene rings is 1. The molecule has 1 aromatic carbocycles. The lowest BCUT2D eigenvalue weighted by atomic mass is 10.2. The van der Waals surface area contributed by atoms with Gasteiger partial charge in [0, 0.05) is 48.7 Å². The summed E-state index contributed by atoms with van der Waals surface area (Å²) in [5.74, 6) is 1.70. The molecule has 4 aromatic rings. The van der Waals surface area contributed by atoms with Gasteiger partial charge in [-0.05, 0) is 23.6 Å². The van der Waals surface area contributed by atoms with E-state index in [4.69, 9.17) is 9.97 Å². The first-order chi connectivity index (χ1) is 11.7. The molecule has 0 unspecified atom stereocenters. The Balaban J connectivity index is 1.80. The number of aromatic nitrogens is 4. The van der Waals surface area contributed by atoms with Crippen molar-refractivity contribution >= 4 is 28.1 Å². The molecular weight excluding hydrogens is 318 g/mol. The van der Waals surface area contributed by atoms with Crippen LogP contribution in [0.1, 0.15) is 5.56 Å². The molecule has 0 aliphatic rings. The van der Waals surface area contributed by atoms with Crippen LogP contribution in [-0.2, 0) is 13.6 Å². The summed E-state index contributed by atoms with van der Waals surface area (Å²) in [5, 5.41) is 9.43. The maximum atomic E-state index is 4.84. The lowest BCUT2D eigenvalue weighted by molar-refractivity contribution is 0.766. The second-order valence-corrected chi connectivity index (χ2v) is 6.56. The molecule has 0 amide bonds. The van der Waals surface area contributed by atoms with Crippen molar-refractivity contribution in [3.8, 4) is 11.4 Å². The van der Waals surface area contributed by atoms with Crippen molar-refractivity contribution in [3.05, 3.63) is 59.0 Å². The van der Waals surface area contributed by atoms with E-state index < -0.39 is 0 Å². The minimum absolute atomic E-state index is 0.748. The van der Waals surface area contributed by atoms with Gasteiger partial charge in [-0.15, -0.1) is 0 Å². The molecule has 0 aliphatic heterocycles. The van der Waals surface area contributed by atoms with E-state index in [0.717, 1.165) is 40.2 Å². The number of anilines is 1. The molecule has 0 fully saturated rings. The third-order valence-electron chi connectivity index (χ3n) is 3.90. The second-order valence-electron chi connectivity index (χ2n) is 5.78. The van der Waals surface area contributed by atoms with Gasteiger partial charge in [0.05, 0.1) is 11.7 Å². The summed E-state index contributed by atoms with van der Waals surface area (Å²) in [7, 11) is 3.98. The second kappa shape index (κ2) is 6.05. The molecule has 0 aliphatic carbocycles. The van der Waals surface area contributed by atoms with E-state index in [0.29, 0.717) is 0 Å². The molecular formula is C18H17N5S. The van der Waals surface area contributed by atoms with Crippen LogP contribution in [0.15, 0.2) is 53.5 Å². The Morgan fingerprint density at radius 1 is 1.17 bits per heavy atom. The number of para-hydroxylation sites is 1. The Kier molecular flexibility index (Phi) is 3.74. The summed E-state index contributed by atoms with van der Waals surface area (Å²) in [6.07, 6.45) is 3.92. The van der Waals surface area contributed by atoms with Gasteiger partial charge in [0.2, 0.25) is 0 Å². The number of hydrogen-bond acceptors (Lipinski definition) is 5. The number of nitrogens with zero attached hydrogens (tertiary/aromatic N) is 5. The van der Waals surface area contributed by atoms with Crippen molar-refractivity contribution in [1.29, 1.82) is 0 Å². The first kappa shape index (κ1) is 14.8. The zero-order valence-electron chi connectivity index (χ0n) is 13.5. The molecule has 0 N–H and O–H groups in total. The number of benzene rings is 1. The van der Waals surface area contributed by atoms with E-state index in [1.807, 2.05) is 47.7 Å². The van der Waals surface area contributed by atoms with Gasteiger partial charge < -0.3 is 4.90 Å². The molecule has 24 heavy (non-hydrogen) atoms. The monoisotopic (exact) mass is 335 g/mol. The van der Waals surface area contributed by atoms with Crippen molar-refractivity contribution in [2.24, 2.45) is 7.05 Å². The Bertz CT molecular complexity index is 974. The van der Waals surface area contributed by atoms with Crippen LogP contribution in [0.25, 0.3) is 22.3 Å². The van der Waals surface area contributed by atoms with E-state index in [1.165, 1.54) is 0 Å². The molecule has 0 bridgehead atoms. The van der Waals surface area contributed by atoms with E-state index in [1.54, 1.807) is 11.3 Å². The van der Waals surface area contributed by atoms with Crippen molar-refractivity contribution < 1.29 is 0 Å². The fourth-order valence-corrected chi connectivity index (χ4v) is 3.41. The highest BCUT2D eigenvalue weighted by atomic mass is 32.1. The average Bonchev–Trinajstić information content (AvgIpc) is 3.25. The zero-order chi connectivity index (χ0) is 16.5. The quantitative estimate of drug-likeness (QED) is 0.570. The lowest BCUT2D eigenvalue weighted by Crippen LogP contribution is -2.18. The van der Waals surface area contributed by atoms with E-state index in [-0.39, 0.29) is 0 Å². The molecule has 0 saturated carbocycles. The number of fused-ring (bicyclic) bond motifs is 1. The molecule has 6 heteroatoms. The van der Waals surface area contributed by atoms with Crippen LogP contribution in [0, 0.1) is 0 Å². The van der Waals surface area contributed by atoms with E-state index in [2.05, 4.69) is 34.6 Å². The third-order valence-corrected chi connectivity index (χ3v) is 4.59. The SMILES string of the molecule is CN(Cc1cnn(C)c1)c1nc(-c2ccsc2)nc2ccccc12. The van der Waals surface area contributed by atoms with Gasteiger partial charge in [0.25, 0.3) is 0 Å². The standard InChI is InChI=1S/C18H17N5S/c1-22(10-13-9-19-23(2)11-13)18-15-5-3-4-6-16(15)20-17(21-18)14-7-8-24-12-14/h3-9,11-12H,10H2,1-2H3. The third kappa shape index (κ3) is 2.76. The predicted octanol–water partition coefficient (Wildman–Crippen LogP) is 3.73. The van der Waals surface area contributed by atoms with Crippen LogP contribution in [0.4, 0.5) is 5.82 Å². The number of rotatable bonds is 4. The van der Waals surface area contributed by atoms with Crippen LogP contribution < -0.4 is 4.90 Å². The molecule has 3 aromatic heterocycles. The van der Waals surface area contributed by atoms with Crippen LogP contribution in [-0.4, -0.2) is 26.8 Å². The Labute approximate surface area is 144 Å². The molecule has 4 rings (SSSR count). The Hall–Kier alpha value is -2.73. The highest BCUT2D eigenvalue weighted by molar-refractivity contribution is 7.08. The maximum absolute atomic E-state index is 4.84. The van der Waals surface area contributed by atoms with Gasteiger partial charge in [-0.25, -0.2) is 9.97 Å². The molecule has 0 spiro atoms. The van der Waals surface area contributed by atoms with Gasteiger partial charge in [-0.2, -0.15) is 16.4 Å². The summed E-state index contributed by atoms with van der Waals surface area (Å²) < 4.78 is 1.82. The highest BCUT2D eigenvalue weighted by Crippen LogP contribution is 2.28.